The van der Waals surface area contributed by atoms with E-state index in [1.807, 2.05) is 12.1 Å². The minimum Gasteiger partial charge on any atom is -0.478 e. The summed E-state index contributed by atoms with van der Waals surface area (Å²) in [6, 6.07) is 15.7. The van der Waals surface area contributed by atoms with Crippen molar-refractivity contribution in [1.82, 2.24) is 10.2 Å². The van der Waals surface area contributed by atoms with Crippen LogP contribution in [0, 0.1) is 0 Å². The number of hydrogen-bond acceptors (Lipinski definition) is 3. The Bertz CT molecular complexity index is 632. The van der Waals surface area contributed by atoms with Crippen LogP contribution in [0.2, 0.25) is 0 Å². The monoisotopic (exact) mass is 326 g/mol. The minimum atomic E-state index is -0.890. The third-order valence-corrected chi connectivity index (χ3v) is 4.18. The SMILES string of the molecule is CCN(CC)Cc1ccc(CNCc2ccc(C(=O)O)cc2)cc1. The van der Waals surface area contributed by atoms with E-state index < -0.39 is 5.97 Å². The molecule has 0 atom stereocenters. The molecule has 4 heteroatoms. The van der Waals surface area contributed by atoms with Crippen molar-refractivity contribution < 1.29 is 9.90 Å². The van der Waals surface area contributed by atoms with Crippen LogP contribution >= 0.6 is 0 Å². The highest BCUT2D eigenvalue weighted by atomic mass is 16.4. The number of hydrogen-bond donors (Lipinski definition) is 2. The number of carbonyl (C=O) groups is 1. The number of carboxylic acids is 1. The summed E-state index contributed by atoms with van der Waals surface area (Å²) in [7, 11) is 0. The maximum absolute atomic E-state index is 10.8. The third kappa shape index (κ3) is 5.48. The molecule has 24 heavy (non-hydrogen) atoms. The predicted octanol–water partition coefficient (Wildman–Crippen LogP) is 3.52. The van der Waals surface area contributed by atoms with Gasteiger partial charge < -0.3 is 10.4 Å². The van der Waals surface area contributed by atoms with Crippen LogP contribution in [-0.4, -0.2) is 29.1 Å². The van der Waals surface area contributed by atoms with Gasteiger partial charge in [-0.05, 0) is 41.9 Å². The second-order valence-corrected chi connectivity index (χ2v) is 5.88. The maximum Gasteiger partial charge on any atom is 0.335 e. The average molecular weight is 326 g/mol. The molecule has 0 aromatic heterocycles. The quantitative estimate of drug-likeness (QED) is 0.740. The fourth-order valence-electron chi connectivity index (χ4n) is 2.58. The van der Waals surface area contributed by atoms with Gasteiger partial charge in [-0.1, -0.05) is 50.2 Å². The van der Waals surface area contributed by atoms with E-state index in [0.29, 0.717) is 5.56 Å². The second kappa shape index (κ2) is 9.21. The molecule has 0 saturated carbocycles. The number of rotatable bonds is 9. The molecular formula is C20H26N2O2. The molecular weight excluding hydrogens is 300 g/mol. The van der Waals surface area contributed by atoms with E-state index in [0.717, 1.165) is 38.3 Å². The smallest absolute Gasteiger partial charge is 0.335 e. The molecule has 0 amide bonds. The van der Waals surface area contributed by atoms with E-state index in [2.05, 4.69) is 48.3 Å². The molecule has 4 nitrogen and oxygen atoms in total. The van der Waals surface area contributed by atoms with Gasteiger partial charge >= 0.3 is 5.97 Å². The Hall–Kier alpha value is -2.17. The van der Waals surface area contributed by atoms with Gasteiger partial charge in [0, 0.05) is 19.6 Å². The summed E-state index contributed by atoms with van der Waals surface area (Å²) >= 11 is 0. The molecule has 0 unspecified atom stereocenters. The molecule has 2 aromatic rings. The molecule has 0 aliphatic carbocycles. The zero-order valence-corrected chi connectivity index (χ0v) is 14.5. The molecule has 0 spiro atoms. The van der Waals surface area contributed by atoms with E-state index in [1.165, 1.54) is 11.1 Å². The van der Waals surface area contributed by atoms with Crippen LogP contribution in [0.4, 0.5) is 0 Å². The van der Waals surface area contributed by atoms with Gasteiger partial charge in [0.05, 0.1) is 5.56 Å². The molecule has 2 rings (SSSR count). The molecule has 2 N–H and O–H groups in total. The molecule has 0 aliphatic rings. The standard InChI is InChI=1S/C20H26N2O2/c1-3-22(4-2)15-18-7-5-16(6-8-18)13-21-14-17-9-11-19(12-10-17)20(23)24/h5-12,21H,3-4,13-15H2,1-2H3,(H,23,24). The third-order valence-electron chi connectivity index (χ3n) is 4.18. The Morgan fingerprint density at radius 2 is 1.33 bits per heavy atom. The molecule has 2 aromatic carbocycles. The van der Waals surface area contributed by atoms with Crippen molar-refractivity contribution in [2.75, 3.05) is 13.1 Å². The first-order chi connectivity index (χ1) is 11.6. The lowest BCUT2D eigenvalue weighted by Crippen LogP contribution is -2.22. The van der Waals surface area contributed by atoms with Gasteiger partial charge in [-0.15, -0.1) is 0 Å². The highest BCUT2D eigenvalue weighted by Crippen LogP contribution is 2.08. The molecule has 0 fully saturated rings. The lowest BCUT2D eigenvalue weighted by molar-refractivity contribution is 0.0697. The van der Waals surface area contributed by atoms with Crippen LogP contribution in [0.3, 0.4) is 0 Å². The van der Waals surface area contributed by atoms with Gasteiger partial charge in [0.15, 0.2) is 0 Å². The predicted molar refractivity (Wildman–Crippen MR) is 97.0 cm³/mol. The Morgan fingerprint density at radius 3 is 1.79 bits per heavy atom. The zero-order chi connectivity index (χ0) is 17.4. The molecule has 0 aliphatic heterocycles. The van der Waals surface area contributed by atoms with Crippen molar-refractivity contribution in [3.05, 3.63) is 70.8 Å². The van der Waals surface area contributed by atoms with Gasteiger partial charge in [-0.25, -0.2) is 4.79 Å². The normalized spacial score (nSPS) is 11.0. The molecule has 0 heterocycles. The lowest BCUT2D eigenvalue weighted by atomic mass is 10.1. The number of carboxylic acid groups (broad SMARTS) is 1. The van der Waals surface area contributed by atoms with Gasteiger partial charge in [0.1, 0.15) is 0 Å². The van der Waals surface area contributed by atoms with Crippen LogP contribution in [0.15, 0.2) is 48.5 Å². The van der Waals surface area contributed by atoms with E-state index >= 15 is 0 Å². The fourth-order valence-corrected chi connectivity index (χ4v) is 2.58. The number of aromatic carboxylic acids is 1. The average Bonchev–Trinajstić information content (AvgIpc) is 2.61. The summed E-state index contributed by atoms with van der Waals surface area (Å²) in [5, 5.41) is 12.3. The van der Waals surface area contributed by atoms with Crippen molar-refractivity contribution >= 4 is 5.97 Å². The largest absolute Gasteiger partial charge is 0.478 e. The first-order valence-corrected chi connectivity index (χ1v) is 8.45. The van der Waals surface area contributed by atoms with E-state index in [-0.39, 0.29) is 0 Å². The van der Waals surface area contributed by atoms with Crippen molar-refractivity contribution in [3.8, 4) is 0 Å². The summed E-state index contributed by atoms with van der Waals surface area (Å²) in [5.41, 5.74) is 3.99. The molecule has 128 valence electrons. The molecule has 0 saturated heterocycles. The Kier molecular flexibility index (Phi) is 6.97. The Labute approximate surface area is 144 Å². The van der Waals surface area contributed by atoms with E-state index in [1.54, 1.807) is 12.1 Å². The first kappa shape index (κ1) is 18.2. The van der Waals surface area contributed by atoms with Gasteiger partial charge in [0.2, 0.25) is 0 Å². The van der Waals surface area contributed by atoms with Crippen molar-refractivity contribution in [3.63, 3.8) is 0 Å². The second-order valence-electron chi connectivity index (χ2n) is 5.88. The lowest BCUT2D eigenvalue weighted by Gasteiger charge is -2.18. The van der Waals surface area contributed by atoms with Crippen LogP contribution in [0.5, 0.6) is 0 Å². The van der Waals surface area contributed by atoms with Crippen LogP contribution in [0.1, 0.15) is 40.9 Å². The van der Waals surface area contributed by atoms with E-state index in [4.69, 9.17) is 5.11 Å². The first-order valence-electron chi connectivity index (χ1n) is 8.45. The van der Waals surface area contributed by atoms with Gasteiger partial charge in [0.25, 0.3) is 0 Å². The number of benzene rings is 2. The summed E-state index contributed by atoms with van der Waals surface area (Å²) in [4.78, 5) is 13.2. The zero-order valence-electron chi connectivity index (χ0n) is 14.5. The van der Waals surface area contributed by atoms with Crippen molar-refractivity contribution in [1.29, 1.82) is 0 Å². The van der Waals surface area contributed by atoms with Crippen LogP contribution in [0.25, 0.3) is 0 Å². The summed E-state index contributed by atoms with van der Waals surface area (Å²) in [5.74, 6) is -0.890. The molecule has 0 bridgehead atoms. The van der Waals surface area contributed by atoms with Gasteiger partial charge in [-0.3, -0.25) is 4.90 Å². The van der Waals surface area contributed by atoms with Crippen LogP contribution < -0.4 is 5.32 Å². The Balaban J connectivity index is 1.80. The van der Waals surface area contributed by atoms with Gasteiger partial charge in [-0.2, -0.15) is 0 Å². The molecule has 0 radical (unpaired) electrons. The summed E-state index contributed by atoms with van der Waals surface area (Å²) < 4.78 is 0. The maximum atomic E-state index is 10.8. The number of nitrogens with one attached hydrogen (secondary N) is 1. The summed E-state index contributed by atoms with van der Waals surface area (Å²) in [6.45, 7) is 9.03. The summed E-state index contributed by atoms with van der Waals surface area (Å²) in [6.07, 6.45) is 0. The Morgan fingerprint density at radius 1 is 0.875 bits per heavy atom. The minimum absolute atomic E-state index is 0.322. The fraction of sp³-hybridized carbons (Fsp3) is 0.350. The van der Waals surface area contributed by atoms with Crippen LogP contribution in [-0.2, 0) is 19.6 Å². The number of nitrogens with zero attached hydrogens (tertiary/aromatic N) is 1. The highest BCUT2D eigenvalue weighted by Gasteiger charge is 2.03. The highest BCUT2D eigenvalue weighted by molar-refractivity contribution is 5.87. The van der Waals surface area contributed by atoms with Crippen molar-refractivity contribution in [2.24, 2.45) is 0 Å². The van der Waals surface area contributed by atoms with E-state index in [9.17, 15) is 4.79 Å². The topological polar surface area (TPSA) is 52.6 Å². The van der Waals surface area contributed by atoms with Crippen molar-refractivity contribution in [2.45, 2.75) is 33.5 Å².